The molecule has 128 valence electrons. The summed E-state index contributed by atoms with van der Waals surface area (Å²) in [5.74, 6) is 1.11. The molecule has 0 aromatic carbocycles. The van der Waals surface area contributed by atoms with Gasteiger partial charge in [0.1, 0.15) is 5.76 Å². The first-order valence-electron chi connectivity index (χ1n) is 8.15. The van der Waals surface area contributed by atoms with Crippen LogP contribution in [0.4, 0.5) is 0 Å². The third kappa shape index (κ3) is 3.28. The zero-order valence-corrected chi connectivity index (χ0v) is 13.9. The van der Waals surface area contributed by atoms with E-state index in [4.69, 9.17) is 13.6 Å². The molecular weight excluding hydrogens is 310 g/mol. The van der Waals surface area contributed by atoms with Gasteiger partial charge in [-0.3, -0.25) is 9.59 Å². The van der Waals surface area contributed by atoms with Crippen molar-refractivity contribution in [2.45, 2.75) is 32.7 Å². The molecule has 1 amide bonds. The molecule has 2 aromatic heterocycles. The number of aryl methyl sites for hydroxylation is 2. The highest BCUT2D eigenvalue weighted by molar-refractivity contribution is 5.96. The van der Waals surface area contributed by atoms with Crippen molar-refractivity contribution >= 4 is 11.7 Å². The highest BCUT2D eigenvalue weighted by atomic mass is 16.5. The maximum Gasteiger partial charge on any atom is 0.290 e. The largest absolute Gasteiger partial charge is 0.461 e. The van der Waals surface area contributed by atoms with Gasteiger partial charge in [-0.2, -0.15) is 0 Å². The second-order valence-electron chi connectivity index (χ2n) is 5.91. The van der Waals surface area contributed by atoms with Crippen molar-refractivity contribution in [3.8, 4) is 0 Å². The van der Waals surface area contributed by atoms with Crippen LogP contribution < -0.4 is 0 Å². The van der Waals surface area contributed by atoms with E-state index in [1.54, 1.807) is 17.0 Å². The van der Waals surface area contributed by atoms with E-state index in [0.29, 0.717) is 31.3 Å². The summed E-state index contributed by atoms with van der Waals surface area (Å²) in [6, 6.07) is 4.86. The topological polar surface area (TPSA) is 72.9 Å². The van der Waals surface area contributed by atoms with E-state index >= 15 is 0 Å². The fraction of sp³-hybridized carbons (Fsp3) is 0.444. The Morgan fingerprint density at radius 2 is 2.21 bits per heavy atom. The highest BCUT2D eigenvalue weighted by Crippen LogP contribution is 2.22. The monoisotopic (exact) mass is 331 g/mol. The molecule has 0 unspecified atom stereocenters. The first kappa shape index (κ1) is 16.5. The first-order chi connectivity index (χ1) is 11.6. The Morgan fingerprint density at radius 3 is 2.88 bits per heavy atom. The SMILES string of the molecule is CCc1cc(C)c(C(=O)N2CCOC[C@H]2CC(=O)c2ccco2)o1. The summed E-state index contributed by atoms with van der Waals surface area (Å²) in [6.45, 7) is 5.07. The first-order valence-corrected chi connectivity index (χ1v) is 8.15. The number of ether oxygens (including phenoxy) is 1. The average Bonchev–Trinajstić information content (AvgIpc) is 3.24. The van der Waals surface area contributed by atoms with Gasteiger partial charge in [0.05, 0.1) is 25.5 Å². The van der Waals surface area contributed by atoms with Gasteiger partial charge in [0.25, 0.3) is 5.91 Å². The lowest BCUT2D eigenvalue weighted by Gasteiger charge is -2.34. The van der Waals surface area contributed by atoms with E-state index in [1.807, 2.05) is 19.9 Å². The van der Waals surface area contributed by atoms with Gasteiger partial charge in [-0.25, -0.2) is 0 Å². The Balaban J connectivity index is 1.77. The van der Waals surface area contributed by atoms with E-state index in [9.17, 15) is 9.59 Å². The van der Waals surface area contributed by atoms with Gasteiger partial charge >= 0.3 is 0 Å². The summed E-state index contributed by atoms with van der Waals surface area (Å²) >= 11 is 0. The predicted octanol–water partition coefficient (Wildman–Crippen LogP) is 2.86. The molecule has 2 aromatic rings. The summed E-state index contributed by atoms with van der Waals surface area (Å²) in [5.41, 5.74) is 0.819. The Kier molecular flexibility index (Phi) is 4.85. The molecule has 24 heavy (non-hydrogen) atoms. The van der Waals surface area contributed by atoms with Crippen LogP contribution in [-0.2, 0) is 11.2 Å². The number of ketones is 1. The highest BCUT2D eigenvalue weighted by Gasteiger charge is 2.32. The van der Waals surface area contributed by atoms with Crippen LogP contribution in [0, 0.1) is 6.92 Å². The van der Waals surface area contributed by atoms with Gasteiger partial charge in [0.15, 0.2) is 17.3 Å². The summed E-state index contributed by atoms with van der Waals surface area (Å²) in [5, 5.41) is 0. The van der Waals surface area contributed by atoms with Crippen LogP contribution in [0.25, 0.3) is 0 Å². The summed E-state index contributed by atoms with van der Waals surface area (Å²) < 4.78 is 16.3. The van der Waals surface area contributed by atoms with Gasteiger partial charge < -0.3 is 18.5 Å². The number of hydrogen-bond donors (Lipinski definition) is 0. The van der Waals surface area contributed by atoms with Gasteiger partial charge in [-0.05, 0) is 25.1 Å². The fourth-order valence-corrected chi connectivity index (χ4v) is 2.91. The molecule has 1 fully saturated rings. The quantitative estimate of drug-likeness (QED) is 0.788. The minimum absolute atomic E-state index is 0.140. The van der Waals surface area contributed by atoms with Gasteiger partial charge in [-0.15, -0.1) is 0 Å². The predicted molar refractivity (Wildman–Crippen MR) is 86.1 cm³/mol. The number of hydrogen-bond acceptors (Lipinski definition) is 5. The van der Waals surface area contributed by atoms with Crippen molar-refractivity contribution in [2.75, 3.05) is 19.8 Å². The van der Waals surface area contributed by atoms with Crippen LogP contribution in [0.1, 0.15) is 45.8 Å². The molecular formula is C18H21NO5. The molecule has 0 radical (unpaired) electrons. The number of Topliss-reactive ketones (excluding diaryl/α,β-unsaturated/α-hetero) is 1. The van der Waals surface area contributed by atoms with Crippen LogP contribution in [0.15, 0.2) is 33.3 Å². The minimum Gasteiger partial charge on any atom is -0.461 e. The summed E-state index contributed by atoms with van der Waals surface area (Å²) in [4.78, 5) is 26.8. The lowest BCUT2D eigenvalue weighted by molar-refractivity contribution is -0.00464. The Hall–Kier alpha value is -2.34. The normalized spacial score (nSPS) is 17.9. The van der Waals surface area contributed by atoms with Crippen molar-refractivity contribution in [3.63, 3.8) is 0 Å². The van der Waals surface area contributed by atoms with Crippen LogP contribution in [0.3, 0.4) is 0 Å². The van der Waals surface area contributed by atoms with E-state index < -0.39 is 0 Å². The van der Waals surface area contributed by atoms with Crippen molar-refractivity contribution in [2.24, 2.45) is 0 Å². The number of rotatable bonds is 5. The molecule has 1 atom stereocenters. The molecule has 3 heterocycles. The Morgan fingerprint density at radius 1 is 1.38 bits per heavy atom. The van der Waals surface area contributed by atoms with Crippen LogP contribution in [-0.4, -0.2) is 42.4 Å². The zero-order chi connectivity index (χ0) is 17.1. The second-order valence-corrected chi connectivity index (χ2v) is 5.91. The summed E-state index contributed by atoms with van der Waals surface area (Å²) in [7, 11) is 0. The molecule has 3 rings (SSSR count). The smallest absolute Gasteiger partial charge is 0.290 e. The maximum absolute atomic E-state index is 12.9. The van der Waals surface area contributed by atoms with Crippen LogP contribution >= 0.6 is 0 Å². The third-order valence-electron chi connectivity index (χ3n) is 4.22. The van der Waals surface area contributed by atoms with Gasteiger partial charge in [0.2, 0.25) is 0 Å². The van der Waals surface area contributed by atoms with Crippen LogP contribution in [0.5, 0.6) is 0 Å². The molecule has 0 saturated carbocycles. The van der Waals surface area contributed by atoms with Crippen molar-refractivity contribution in [1.82, 2.24) is 4.90 Å². The number of carbonyl (C=O) groups excluding carboxylic acids is 2. The molecule has 1 aliphatic heterocycles. The maximum atomic E-state index is 12.9. The standard InChI is InChI=1S/C18H21NO5/c1-3-14-9-12(2)17(24-14)18(21)19-6-8-22-11-13(19)10-15(20)16-5-4-7-23-16/h4-5,7,9,13H,3,6,8,10-11H2,1-2H3/t13-/m1/s1. The lowest BCUT2D eigenvalue weighted by Crippen LogP contribution is -2.49. The molecule has 0 bridgehead atoms. The number of morpholine rings is 1. The zero-order valence-electron chi connectivity index (χ0n) is 13.9. The minimum atomic E-state index is -0.321. The van der Waals surface area contributed by atoms with Crippen LogP contribution in [0.2, 0.25) is 0 Å². The second kappa shape index (κ2) is 7.05. The average molecular weight is 331 g/mol. The molecule has 0 spiro atoms. The number of nitrogens with zero attached hydrogens (tertiary/aromatic N) is 1. The van der Waals surface area contributed by atoms with Crippen molar-refractivity contribution < 1.29 is 23.2 Å². The number of amides is 1. The Bertz CT molecular complexity index is 716. The van der Waals surface area contributed by atoms with E-state index in [2.05, 4.69) is 0 Å². The van der Waals surface area contributed by atoms with Crippen molar-refractivity contribution in [3.05, 3.63) is 47.3 Å². The van der Waals surface area contributed by atoms with E-state index in [-0.39, 0.29) is 24.2 Å². The number of furan rings is 2. The molecule has 0 N–H and O–H groups in total. The van der Waals surface area contributed by atoms with Crippen molar-refractivity contribution in [1.29, 1.82) is 0 Å². The van der Waals surface area contributed by atoms with E-state index in [1.165, 1.54) is 6.26 Å². The van der Waals surface area contributed by atoms with Gasteiger partial charge in [-0.1, -0.05) is 6.92 Å². The van der Waals surface area contributed by atoms with E-state index in [0.717, 1.165) is 17.7 Å². The molecule has 0 aliphatic carbocycles. The molecule has 6 nitrogen and oxygen atoms in total. The van der Waals surface area contributed by atoms with Gasteiger partial charge in [0, 0.05) is 24.9 Å². The lowest BCUT2D eigenvalue weighted by atomic mass is 10.1. The summed E-state index contributed by atoms with van der Waals surface area (Å²) in [6.07, 6.45) is 2.36. The molecule has 1 aliphatic rings. The number of carbonyl (C=O) groups is 2. The Labute approximate surface area is 140 Å². The molecule has 6 heteroatoms. The molecule has 1 saturated heterocycles. The third-order valence-corrected chi connectivity index (χ3v) is 4.22. The fourth-order valence-electron chi connectivity index (χ4n) is 2.91.